The van der Waals surface area contributed by atoms with Crippen LogP contribution in [-0.2, 0) is 4.74 Å². The lowest BCUT2D eigenvalue weighted by Crippen LogP contribution is -2.28. The van der Waals surface area contributed by atoms with Crippen LogP contribution in [0.1, 0.15) is 13.3 Å². The molecule has 1 rings (SSSR count). The molecule has 1 heterocycles. The topological polar surface area (TPSA) is 15.7 Å². The van der Waals surface area contributed by atoms with Crippen LogP contribution < -0.4 is 0 Å². The van der Waals surface area contributed by atoms with Gasteiger partial charge in [0.2, 0.25) is 0 Å². The molecule has 70 valence electrons. The molecule has 0 aliphatic carbocycles. The van der Waals surface area contributed by atoms with Crippen LogP contribution in [0, 0.1) is 0 Å². The van der Waals surface area contributed by atoms with Crippen molar-refractivity contribution in [3.05, 3.63) is 12.4 Å². The van der Waals surface area contributed by atoms with E-state index in [-0.39, 0.29) is 0 Å². The lowest BCUT2D eigenvalue weighted by molar-refractivity contribution is 0.157. The quantitative estimate of drug-likeness (QED) is 0.614. The Morgan fingerprint density at radius 2 is 1.92 bits per heavy atom. The van der Waals surface area contributed by atoms with Crippen molar-refractivity contribution in [2.45, 2.75) is 13.3 Å². The van der Waals surface area contributed by atoms with E-state index in [4.69, 9.17) is 4.74 Å². The third-order valence-electron chi connectivity index (χ3n) is 1.95. The van der Waals surface area contributed by atoms with Gasteiger partial charge < -0.3 is 14.5 Å². The summed E-state index contributed by atoms with van der Waals surface area (Å²) in [5, 5.41) is 0. The summed E-state index contributed by atoms with van der Waals surface area (Å²) in [6.45, 7) is 6.18. The molecule has 0 saturated carbocycles. The number of nitrogens with zero attached hydrogens (tertiary/aromatic N) is 2. The fourth-order valence-electron chi connectivity index (χ4n) is 1.30. The molecule has 0 aromatic heterocycles. The van der Waals surface area contributed by atoms with E-state index in [0.29, 0.717) is 0 Å². The third-order valence-corrected chi connectivity index (χ3v) is 1.95. The Morgan fingerprint density at radius 3 is 2.50 bits per heavy atom. The van der Waals surface area contributed by atoms with Gasteiger partial charge in [-0.1, -0.05) is 6.92 Å². The van der Waals surface area contributed by atoms with Crippen LogP contribution in [-0.4, -0.2) is 43.3 Å². The van der Waals surface area contributed by atoms with Crippen LogP contribution >= 0.6 is 0 Å². The molecule has 12 heavy (non-hydrogen) atoms. The van der Waals surface area contributed by atoms with Gasteiger partial charge in [0, 0.05) is 32.6 Å². The van der Waals surface area contributed by atoms with Crippen molar-refractivity contribution in [1.82, 2.24) is 9.80 Å². The number of rotatable bonds is 5. The van der Waals surface area contributed by atoms with Gasteiger partial charge in [0.1, 0.15) is 0 Å². The first-order chi connectivity index (χ1) is 5.86. The summed E-state index contributed by atoms with van der Waals surface area (Å²) in [6, 6.07) is 0. The Hall–Kier alpha value is -0.700. The predicted octanol–water partition coefficient (Wildman–Crippen LogP) is 1.09. The Balaban J connectivity index is 2.14. The number of ether oxygens (including phenoxy) is 1. The van der Waals surface area contributed by atoms with Crippen molar-refractivity contribution < 1.29 is 4.74 Å². The normalized spacial score (nSPS) is 16.2. The molecule has 0 unspecified atom stereocenters. The second kappa shape index (κ2) is 5.04. The smallest absolute Gasteiger partial charge is 0.0894 e. The molecule has 0 spiro atoms. The van der Waals surface area contributed by atoms with Gasteiger partial charge in [-0.3, -0.25) is 0 Å². The largest absolute Gasteiger partial charge is 0.383 e. The van der Waals surface area contributed by atoms with E-state index in [1.807, 2.05) is 0 Å². The van der Waals surface area contributed by atoms with E-state index in [2.05, 4.69) is 29.1 Å². The summed E-state index contributed by atoms with van der Waals surface area (Å²) in [4.78, 5) is 4.58. The SMILES string of the molecule is CCCN1C=CN(CCOC)C1. The second-order valence-corrected chi connectivity index (χ2v) is 3.06. The standard InChI is InChI=1S/C9H18N2O/c1-3-4-10-5-6-11(9-10)7-8-12-2/h5-6H,3-4,7-9H2,1-2H3. The fourth-order valence-corrected chi connectivity index (χ4v) is 1.30. The summed E-state index contributed by atoms with van der Waals surface area (Å²) in [5.41, 5.74) is 0. The molecule has 0 N–H and O–H groups in total. The maximum Gasteiger partial charge on any atom is 0.0894 e. The minimum Gasteiger partial charge on any atom is -0.383 e. The monoisotopic (exact) mass is 170 g/mol. The van der Waals surface area contributed by atoms with E-state index in [1.54, 1.807) is 7.11 Å². The minimum absolute atomic E-state index is 0.810. The maximum absolute atomic E-state index is 5.00. The zero-order chi connectivity index (χ0) is 8.81. The van der Waals surface area contributed by atoms with Gasteiger partial charge in [0.25, 0.3) is 0 Å². The molecule has 0 aromatic carbocycles. The molecule has 0 aromatic rings. The highest BCUT2D eigenvalue weighted by Gasteiger charge is 2.09. The molecule has 0 fully saturated rings. The van der Waals surface area contributed by atoms with Crippen molar-refractivity contribution in [3.63, 3.8) is 0 Å². The zero-order valence-electron chi connectivity index (χ0n) is 7.99. The van der Waals surface area contributed by atoms with E-state index >= 15 is 0 Å². The molecule has 1 aliphatic heterocycles. The first-order valence-electron chi connectivity index (χ1n) is 4.52. The zero-order valence-corrected chi connectivity index (χ0v) is 7.99. The number of methoxy groups -OCH3 is 1. The van der Waals surface area contributed by atoms with Gasteiger partial charge in [-0.05, 0) is 6.42 Å². The highest BCUT2D eigenvalue weighted by Crippen LogP contribution is 2.05. The van der Waals surface area contributed by atoms with Gasteiger partial charge in [-0.25, -0.2) is 0 Å². The number of hydrogen-bond donors (Lipinski definition) is 0. The Kier molecular flexibility index (Phi) is 3.94. The van der Waals surface area contributed by atoms with Gasteiger partial charge in [-0.2, -0.15) is 0 Å². The molecule has 0 saturated heterocycles. The summed E-state index contributed by atoms with van der Waals surface area (Å²) in [7, 11) is 1.74. The first-order valence-corrected chi connectivity index (χ1v) is 4.52. The average Bonchev–Trinajstić information content (AvgIpc) is 2.50. The van der Waals surface area contributed by atoms with Crippen LogP contribution in [0.4, 0.5) is 0 Å². The minimum atomic E-state index is 0.810. The van der Waals surface area contributed by atoms with E-state index in [9.17, 15) is 0 Å². The molecule has 0 atom stereocenters. The van der Waals surface area contributed by atoms with Crippen LogP contribution in [0.2, 0.25) is 0 Å². The summed E-state index contributed by atoms with van der Waals surface area (Å²) in [5.74, 6) is 0. The van der Waals surface area contributed by atoms with E-state index < -0.39 is 0 Å². The van der Waals surface area contributed by atoms with Gasteiger partial charge in [-0.15, -0.1) is 0 Å². The molecule has 3 heteroatoms. The highest BCUT2D eigenvalue weighted by atomic mass is 16.5. The van der Waals surface area contributed by atoms with Crippen LogP contribution in [0.3, 0.4) is 0 Å². The molecule has 1 aliphatic rings. The molecule has 0 amide bonds. The predicted molar refractivity (Wildman–Crippen MR) is 49.6 cm³/mol. The lowest BCUT2D eigenvalue weighted by atomic mass is 10.4. The van der Waals surface area contributed by atoms with Crippen molar-refractivity contribution in [1.29, 1.82) is 0 Å². The summed E-state index contributed by atoms with van der Waals surface area (Å²) in [6.07, 6.45) is 5.50. The van der Waals surface area contributed by atoms with E-state index in [0.717, 1.165) is 26.4 Å². The number of hydrogen-bond acceptors (Lipinski definition) is 3. The average molecular weight is 170 g/mol. The lowest BCUT2D eigenvalue weighted by Gasteiger charge is -2.20. The molecular weight excluding hydrogens is 152 g/mol. The van der Waals surface area contributed by atoms with E-state index in [1.165, 1.54) is 6.42 Å². The van der Waals surface area contributed by atoms with Crippen molar-refractivity contribution in [3.8, 4) is 0 Å². The molecule has 3 nitrogen and oxygen atoms in total. The Morgan fingerprint density at radius 1 is 1.25 bits per heavy atom. The van der Waals surface area contributed by atoms with Crippen LogP contribution in [0.5, 0.6) is 0 Å². The summed E-state index contributed by atoms with van der Waals surface area (Å²) < 4.78 is 5.00. The van der Waals surface area contributed by atoms with Gasteiger partial charge in [0.15, 0.2) is 0 Å². The van der Waals surface area contributed by atoms with Crippen molar-refractivity contribution >= 4 is 0 Å². The second-order valence-electron chi connectivity index (χ2n) is 3.06. The Labute approximate surface area is 74.6 Å². The van der Waals surface area contributed by atoms with Gasteiger partial charge in [0.05, 0.1) is 13.3 Å². The highest BCUT2D eigenvalue weighted by molar-refractivity contribution is 4.89. The third kappa shape index (κ3) is 2.74. The molecule has 0 radical (unpaired) electrons. The summed E-state index contributed by atoms with van der Waals surface area (Å²) >= 11 is 0. The molecule has 0 bridgehead atoms. The Bertz CT molecular complexity index is 147. The van der Waals surface area contributed by atoms with Crippen molar-refractivity contribution in [2.75, 3.05) is 33.5 Å². The molecular formula is C9H18N2O. The van der Waals surface area contributed by atoms with Crippen LogP contribution in [0.15, 0.2) is 12.4 Å². The van der Waals surface area contributed by atoms with Crippen LogP contribution in [0.25, 0.3) is 0 Å². The maximum atomic E-state index is 5.00. The fraction of sp³-hybridized carbons (Fsp3) is 0.778. The van der Waals surface area contributed by atoms with Crippen molar-refractivity contribution in [2.24, 2.45) is 0 Å². The first kappa shape index (κ1) is 9.39. The van der Waals surface area contributed by atoms with Gasteiger partial charge >= 0.3 is 0 Å².